The molecule has 27 heavy (non-hydrogen) atoms. The normalized spacial score (nSPS) is 23.6. The zero-order chi connectivity index (χ0) is 19.4. The summed E-state index contributed by atoms with van der Waals surface area (Å²) in [4.78, 5) is 34.7. The van der Waals surface area contributed by atoms with Crippen molar-refractivity contribution >= 4 is 17.9 Å². The van der Waals surface area contributed by atoms with Crippen molar-refractivity contribution in [3.63, 3.8) is 0 Å². The summed E-state index contributed by atoms with van der Waals surface area (Å²) in [5.74, 6) is 0.421. The Balaban J connectivity index is 1.72. The number of carbonyl (C=O) groups is 2. The fourth-order valence-corrected chi connectivity index (χ4v) is 3.42. The molecule has 1 aromatic rings. The fraction of sp³-hybridized carbons (Fsp3) is 0.526. The molecule has 8 nitrogen and oxygen atoms in total. The average Bonchev–Trinajstić information content (AvgIpc) is 3.00. The summed E-state index contributed by atoms with van der Waals surface area (Å²) < 4.78 is 0. The number of amides is 3. The number of hydrogen-bond acceptors (Lipinski definition) is 4. The second-order valence-corrected chi connectivity index (χ2v) is 7.23. The van der Waals surface area contributed by atoms with E-state index in [1.165, 1.54) is 10.5 Å². The number of benzene rings is 1. The number of rotatable bonds is 7. The Morgan fingerprint density at radius 3 is 2.63 bits per heavy atom. The van der Waals surface area contributed by atoms with Crippen LogP contribution < -0.4 is 10.6 Å². The van der Waals surface area contributed by atoms with E-state index in [9.17, 15) is 9.59 Å². The van der Waals surface area contributed by atoms with Gasteiger partial charge in [-0.15, -0.1) is 0 Å². The van der Waals surface area contributed by atoms with Crippen molar-refractivity contribution in [3.8, 4) is 0 Å². The van der Waals surface area contributed by atoms with Crippen molar-refractivity contribution < 1.29 is 9.59 Å². The largest absolute Gasteiger partial charge is 0.334 e. The summed E-state index contributed by atoms with van der Waals surface area (Å²) >= 11 is 0. The quantitative estimate of drug-likeness (QED) is 0.721. The van der Waals surface area contributed by atoms with Crippen molar-refractivity contribution in [1.82, 2.24) is 25.3 Å². The number of aryl methyl sites for hydroxylation is 1. The van der Waals surface area contributed by atoms with E-state index in [2.05, 4.69) is 32.7 Å². The minimum atomic E-state index is -0.457. The topological polar surface area (TPSA) is 80.3 Å². The van der Waals surface area contributed by atoms with Gasteiger partial charge in [-0.05, 0) is 32.5 Å². The monoisotopic (exact) mass is 372 g/mol. The summed E-state index contributed by atoms with van der Waals surface area (Å²) in [6, 6.07) is 9.45. The van der Waals surface area contributed by atoms with E-state index in [4.69, 9.17) is 0 Å². The van der Waals surface area contributed by atoms with Gasteiger partial charge in [0.05, 0.1) is 6.54 Å². The summed E-state index contributed by atoms with van der Waals surface area (Å²) in [6.07, 6.45) is 1.43. The zero-order valence-electron chi connectivity index (χ0n) is 16.2. The maximum atomic E-state index is 12.5. The molecule has 2 heterocycles. The van der Waals surface area contributed by atoms with Gasteiger partial charge >= 0.3 is 6.03 Å². The molecule has 2 N–H and O–H groups in total. The smallest absolute Gasteiger partial charge is 0.325 e. The molecule has 146 valence electrons. The van der Waals surface area contributed by atoms with Crippen LogP contribution in [-0.4, -0.2) is 85.6 Å². The van der Waals surface area contributed by atoms with Gasteiger partial charge in [-0.3, -0.25) is 15.1 Å². The number of carbonyl (C=O) groups excluding carboxylic acids is 2. The Bertz CT molecular complexity index is 705. The van der Waals surface area contributed by atoms with Crippen molar-refractivity contribution in [2.24, 2.45) is 4.99 Å². The molecule has 8 heteroatoms. The Morgan fingerprint density at radius 1 is 1.19 bits per heavy atom. The number of nitrogens with one attached hydrogen (secondary N) is 2. The zero-order valence-corrected chi connectivity index (χ0v) is 16.2. The van der Waals surface area contributed by atoms with E-state index in [1.807, 2.05) is 37.2 Å². The van der Waals surface area contributed by atoms with E-state index in [1.54, 1.807) is 7.05 Å². The first kappa shape index (κ1) is 19.2. The third-order valence-corrected chi connectivity index (χ3v) is 4.94. The van der Waals surface area contributed by atoms with E-state index < -0.39 is 6.04 Å². The van der Waals surface area contributed by atoms with Crippen molar-refractivity contribution in [1.29, 1.82) is 0 Å². The predicted molar refractivity (Wildman–Crippen MR) is 104 cm³/mol. The summed E-state index contributed by atoms with van der Waals surface area (Å²) in [6.45, 7) is 2.14. The molecule has 2 aliphatic rings. The van der Waals surface area contributed by atoms with Gasteiger partial charge in [-0.25, -0.2) is 4.79 Å². The molecular formula is C19H28N6O2. The number of nitrogens with zero attached hydrogens (tertiary/aromatic N) is 4. The van der Waals surface area contributed by atoms with Crippen LogP contribution in [0.15, 0.2) is 35.3 Å². The Kier molecular flexibility index (Phi) is 5.95. The van der Waals surface area contributed by atoms with Crippen LogP contribution >= 0.6 is 0 Å². The number of guanidine groups is 1. The first-order valence-electron chi connectivity index (χ1n) is 9.31. The van der Waals surface area contributed by atoms with Crippen LogP contribution in [0.4, 0.5) is 4.79 Å². The van der Waals surface area contributed by atoms with Crippen LogP contribution in [0.5, 0.6) is 0 Å². The lowest BCUT2D eigenvalue weighted by Crippen LogP contribution is -2.64. The van der Waals surface area contributed by atoms with Crippen LogP contribution in [0.1, 0.15) is 12.0 Å². The molecule has 2 fully saturated rings. The first-order valence-corrected chi connectivity index (χ1v) is 9.31. The molecule has 0 saturated carbocycles. The molecule has 1 aromatic carbocycles. The van der Waals surface area contributed by atoms with Gasteiger partial charge in [0.25, 0.3) is 5.91 Å². The molecule has 0 bridgehead atoms. The van der Waals surface area contributed by atoms with Gasteiger partial charge in [-0.1, -0.05) is 30.3 Å². The predicted octanol–water partition coefficient (Wildman–Crippen LogP) is 0.318. The van der Waals surface area contributed by atoms with Gasteiger partial charge in [0.2, 0.25) is 0 Å². The van der Waals surface area contributed by atoms with E-state index in [0.29, 0.717) is 19.0 Å². The van der Waals surface area contributed by atoms with Crippen LogP contribution in [0, 0.1) is 0 Å². The SMILES string of the molecule is CN(C)CCN=C1NC2C(C(=O)NC(=O)N2C)N1CCCc1ccccc1. The Morgan fingerprint density at radius 2 is 1.93 bits per heavy atom. The van der Waals surface area contributed by atoms with Gasteiger partial charge in [0.15, 0.2) is 12.0 Å². The Labute approximate surface area is 160 Å². The lowest BCUT2D eigenvalue weighted by Gasteiger charge is -2.35. The molecule has 3 rings (SSSR count). The second kappa shape index (κ2) is 8.39. The lowest BCUT2D eigenvalue weighted by atomic mass is 10.1. The lowest BCUT2D eigenvalue weighted by molar-refractivity contribution is -0.127. The highest BCUT2D eigenvalue weighted by Crippen LogP contribution is 2.21. The molecule has 0 aromatic heterocycles. The molecule has 0 radical (unpaired) electrons. The van der Waals surface area contributed by atoms with E-state index in [0.717, 1.165) is 19.4 Å². The van der Waals surface area contributed by atoms with E-state index in [-0.39, 0.29) is 18.1 Å². The third-order valence-electron chi connectivity index (χ3n) is 4.94. The summed E-state index contributed by atoms with van der Waals surface area (Å²) in [5.41, 5.74) is 1.27. The average molecular weight is 372 g/mol. The van der Waals surface area contributed by atoms with Gasteiger partial charge in [-0.2, -0.15) is 0 Å². The first-order chi connectivity index (χ1) is 13.0. The number of hydrogen-bond donors (Lipinski definition) is 2. The third kappa shape index (κ3) is 4.39. The fourth-order valence-electron chi connectivity index (χ4n) is 3.42. The number of imide groups is 1. The van der Waals surface area contributed by atoms with Gasteiger partial charge < -0.3 is 20.0 Å². The molecule has 2 unspecified atom stereocenters. The summed E-state index contributed by atoms with van der Waals surface area (Å²) in [5, 5.41) is 5.71. The number of aliphatic imine (C=N–C) groups is 1. The van der Waals surface area contributed by atoms with Gasteiger partial charge in [0.1, 0.15) is 6.17 Å². The highest BCUT2D eigenvalue weighted by Gasteiger charge is 2.49. The molecule has 0 aliphatic carbocycles. The standard InChI is InChI=1S/C19H28N6O2/c1-23(2)13-11-20-18-21-16-15(17(26)22-19(27)24(16)3)25(18)12-7-10-14-8-5-4-6-9-14/h4-6,8-9,15-16H,7,10-13H2,1-3H3,(H,20,21)(H,22,26,27). The van der Waals surface area contributed by atoms with Crippen LogP contribution in [-0.2, 0) is 11.2 Å². The van der Waals surface area contributed by atoms with Crippen LogP contribution in [0.3, 0.4) is 0 Å². The molecule has 2 atom stereocenters. The maximum Gasteiger partial charge on any atom is 0.325 e. The summed E-state index contributed by atoms with van der Waals surface area (Å²) in [7, 11) is 5.69. The van der Waals surface area contributed by atoms with Crippen molar-refractivity contribution in [3.05, 3.63) is 35.9 Å². The second-order valence-electron chi connectivity index (χ2n) is 7.23. The van der Waals surface area contributed by atoms with E-state index >= 15 is 0 Å². The molecule has 2 aliphatic heterocycles. The minimum absolute atomic E-state index is 0.270. The van der Waals surface area contributed by atoms with Gasteiger partial charge in [0, 0.05) is 20.1 Å². The Hall–Kier alpha value is -2.61. The highest BCUT2D eigenvalue weighted by molar-refractivity contribution is 6.04. The number of likely N-dealkylation sites (N-methyl/N-ethyl adjacent to an activating group) is 2. The van der Waals surface area contributed by atoms with Crippen LogP contribution in [0.2, 0.25) is 0 Å². The molecule has 0 spiro atoms. The number of urea groups is 1. The maximum absolute atomic E-state index is 12.5. The van der Waals surface area contributed by atoms with Crippen LogP contribution in [0.25, 0.3) is 0 Å². The van der Waals surface area contributed by atoms with Crippen molar-refractivity contribution in [2.45, 2.75) is 25.0 Å². The molecule has 3 amide bonds. The van der Waals surface area contributed by atoms with Crippen molar-refractivity contribution in [2.75, 3.05) is 40.8 Å². The molecule has 2 saturated heterocycles. The molecular weight excluding hydrogens is 344 g/mol. The minimum Gasteiger partial charge on any atom is -0.334 e. The highest BCUT2D eigenvalue weighted by atomic mass is 16.2. The number of fused-ring (bicyclic) bond motifs is 1.